The van der Waals surface area contributed by atoms with E-state index in [0.717, 1.165) is 12.5 Å². The second-order valence-corrected chi connectivity index (χ2v) is 17.9. The predicted molar refractivity (Wildman–Crippen MR) is 241 cm³/mol. The van der Waals surface area contributed by atoms with E-state index in [0.29, 0.717) is 50.8 Å². The molecule has 3 rings (SSSR count). The number of alkyl halides is 3. The van der Waals surface area contributed by atoms with Gasteiger partial charge in [0.25, 0.3) is 0 Å². The highest BCUT2D eigenvalue weighted by molar-refractivity contribution is 5.97. The third-order valence-corrected chi connectivity index (χ3v) is 10.6. The second kappa shape index (κ2) is 26.7. The molecular weight excluding hydrogens is 888 g/mol. The van der Waals surface area contributed by atoms with E-state index in [9.17, 15) is 52.2 Å². The van der Waals surface area contributed by atoms with Gasteiger partial charge in [0.1, 0.15) is 36.0 Å². The van der Waals surface area contributed by atoms with E-state index in [4.69, 9.17) is 21.4 Å². The number of likely N-dealkylation sites (tertiary alicyclic amines) is 1. The minimum atomic E-state index is -5.08. The summed E-state index contributed by atoms with van der Waals surface area (Å²) >= 11 is 0. The molecular formula is C43H68F3N11O10. The Morgan fingerprint density at radius 2 is 1.51 bits per heavy atom. The molecule has 0 aliphatic carbocycles. The number of guanidine groups is 2. The lowest BCUT2D eigenvalue weighted by atomic mass is 9.85. The van der Waals surface area contributed by atoms with E-state index in [1.165, 1.54) is 17.0 Å². The Bertz CT molecular complexity index is 1910. The number of carboxylic acid groups (broad SMARTS) is 2. The molecule has 1 aromatic rings. The maximum Gasteiger partial charge on any atom is 0.490 e. The number of nitrogens with one attached hydrogen (secondary N) is 6. The fourth-order valence-electron chi connectivity index (χ4n) is 7.05. The molecule has 0 bridgehead atoms. The first kappa shape index (κ1) is 56.8. The van der Waals surface area contributed by atoms with Crippen molar-refractivity contribution in [2.24, 2.45) is 38.7 Å². The number of nitrogens with zero attached hydrogens (tertiary/aromatic N) is 3. The number of hydrogen-bond acceptors (Lipinski definition) is 12. The van der Waals surface area contributed by atoms with Crippen LogP contribution in [0.4, 0.5) is 13.2 Å². The molecule has 0 saturated carbocycles. The van der Waals surface area contributed by atoms with Gasteiger partial charge in [-0.2, -0.15) is 13.2 Å². The molecule has 1 saturated heterocycles. The van der Waals surface area contributed by atoms with Crippen molar-refractivity contribution in [1.29, 1.82) is 0 Å². The number of phenolic OH excluding ortho intramolecular Hbond substituents is 1. The molecule has 0 unspecified atom stereocenters. The van der Waals surface area contributed by atoms with E-state index < -0.39 is 83.3 Å². The lowest BCUT2D eigenvalue weighted by Gasteiger charge is -2.33. The average molecular weight is 956 g/mol. The molecule has 13 N–H and O–H groups in total. The molecule has 6 atom stereocenters. The van der Waals surface area contributed by atoms with Crippen LogP contribution in [0.25, 0.3) is 0 Å². The van der Waals surface area contributed by atoms with Gasteiger partial charge in [-0.1, -0.05) is 53.7 Å². The number of carboxylic acids is 2. The Kier molecular flexibility index (Phi) is 22.6. The van der Waals surface area contributed by atoms with Gasteiger partial charge in [0.15, 0.2) is 11.9 Å². The minimum Gasteiger partial charge on any atom is -0.508 e. The Morgan fingerprint density at radius 3 is 2.04 bits per heavy atom. The first-order valence-electron chi connectivity index (χ1n) is 22.1. The lowest BCUT2D eigenvalue weighted by Crippen LogP contribution is -2.61. The summed E-state index contributed by atoms with van der Waals surface area (Å²) in [5.74, 6) is -6.55. The van der Waals surface area contributed by atoms with Crippen molar-refractivity contribution >= 4 is 53.4 Å². The first-order valence-corrected chi connectivity index (χ1v) is 22.1. The van der Waals surface area contributed by atoms with Gasteiger partial charge in [0.2, 0.25) is 29.5 Å². The summed E-state index contributed by atoms with van der Waals surface area (Å²) < 4.78 is 31.7. The molecule has 2 aliphatic heterocycles. The standard InChI is InChI=1S/C41H67N11O8.C2HF3O2/c1-24(2)22-30(38(59)60)50-36(57)32(41(4,5)6)51-34(55)29(23-26-13-15-27(53)16-14-26)49-35(56)31-12-9-21-52(31)37(58)28(11-8-17-44-39(42)43)48-33(54)25(3)10-7-18-45-40-46-19-20-47-40;3-2(4,5)1(6)7/h13-16,24-25,28-32,53H,7-12,17-23H2,1-6H3,(H,48,54)(H,49,56)(H,50,57)(H,51,55)(H,59,60)(H4,42,43,44)(H2,45,46,47);(H,6,7)/t25-,28-,29-,30-,31-,32+;/m0./s1. The molecule has 5 amide bonds. The van der Waals surface area contributed by atoms with Crippen LogP contribution in [0.3, 0.4) is 0 Å². The Hall–Kier alpha value is -6.36. The van der Waals surface area contributed by atoms with Crippen molar-refractivity contribution in [2.45, 2.75) is 129 Å². The van der Waals surface area contributed by atoms with Crippen LogP contribution >= 0.6 is 0 Å². The average Bonchev–Trinajstić information content (AvgIpc) is 3.95. The smallest absolute Gasteiger partial charge is 0.490 e. The van der Waals surface area contributed by atoms with Gasteiger partial charge in [-0.3, -0.25) is 34.0 Å². The molecule has 2 heterocycles. The van der Waals surface area contributed by atoms with E-state index >= 15 is 0 Å². The molecule has 376 valence electrons. The number of aliphatic carboxylic acids is 2. The molecule has 0 aromatic heterocycles. The molecule has 21 nitrogen and oxygen atoms in total. The predicted octanol–water partition coefficient (Wildman–Crippen LogP) is 0.694. The molecule has 1 aromatic carbocycles. The summed E-state index contributed by atoms with van der Waals surface area (Å²) in [6.45, 7) is 13.2. The van der Waals surface area contributed by atoms with Gasteiger partial charge < -0.3 is 63.6 Å². The molecule has 0 spiro atoms. The summed E-state index contributed by atoms with van der Waals surface area (Å²) in [7, 11) is 0. The van der Waals surface area contributed by atoms with Crippen LogP contribution in [0.5, 0.6) is 5.75 Å². The van der Waals surface area contributed by atoms with Crippen LogP contribution < -0.4 is 43.4 Å². The Balaban J connectivity index is 0.00000203. The highest BCUT2D eigenvalue weighted by Gasteiger charge is 2.41. The summed E-state index contributed by atoms with van der Waals surface area (Å²) in [4.78, 5) is 100. The number of phenols is 1. The quantitative estimate of drug-likeness (QED) is 0.0433. The number of nitrogens with two attached hydrogens (primary N) is 2. The fourth-order valence-corrected chi connectivity index (χ4v) is 7.05. The normalized spacial score (nSPS) is 16.9. The highest BCUT2D eigenvalue weighted by Crippen LogP contribution is 2.23. The van der Waals surface area contributed by atoms with Crippen LogP contribution in [0, 0.1) is 17.3 Å². The molecule has 1 fully saturated rings. The van der Waals surface area contributed by atoms with Crippen molar-refractivity contribution in [3.63, 3.8) is 0 Å². The zero-order valence-corrected chi connectivity index (χ0v) is 38.9. The number of amides is 5. The van der Waals surface area contributed by atoms with Crippen LogP contribution in [-0.2, 0) is 40.0 Å². The van der Waals surface area contributed by atoms with Gasteiger partial charge in [-0.15, -0.1) is 0 Å². The van der Waals surface area contributed by atoms with Crippen molar-refractivity contribution < 1.29 is 62.1 Å². The molecule has 67 heavy (non-hydrogen) atoms. The zero-order chi connectivity index (χ0) is 50.6. The van der Waals surface area contributed by atoms with Gasteiger partial charge in [-0.25, -0.2) is 9.59 Å². The fraction of sp³-hybridized carbons (Fsp3) is 0.651. The monoisotopic (exact) mass is 956 g/mol. The Morgan fingerprint density at radius 1 is 0.881 bits per heavy atom. The molecule has 24 heteroatoms. The number of hydrogen-bond donors (Lipinski definition) is 11. The minimum absolute atomic E-state index is 0.00129. The summed E-state index contributed by atoms with van der Waals surface area (Å²) in [5, 5.41) is 44.2. The van der Waals surface area contributed by atoms with E-state index in [2.05, 4.69) is 41.9 Å². The Labute approximate surface area is 387 Å². The highest BCUT2D eigenvalue weighted by atomic mass is 19.4. The topological polar surface area (TPSA) is 332 Å². The van der Waals surface area contributed by atoms with Crippen molar-refractivity contribution in [2.75, 3.05) is 32.7 Å². The summed E-state index contributed by atoms with van der Waals surface area (Å²) in [6.07, 6.45) is -2.35. The summed E-state index contributed by atoms with van der Waals surface area (Å²) in [6, 6.07) is 0.501. The number of carbonyl (C=O) groups is 7. The van der Waals surface area contributed by atoms with Gasteiger partial charge in [0, 0.05) is 38.5 Å². The van der Waals surface area contributed by atoms with Gasteiger partial charge in [0.05, 0.1) is 6.54 Å². The maximum absolute atomic E-state index is 14.3. The van der Waals surface area contributed by atoms with Crippen molar-refractivity contribution in [1.82, 2.24) is 36.8 Å². The number of carbonyl (C=O) groups excluding carboxylic acids is 5. The SMILES string of the molecule is CC(C)C[C@H](NC(=O)[C@@H](NC(=O)[C@H](Cc1ccc(O)cc1)NC(=O)[C@@H]1CCCN1C(=O)[C@H](CCCN=C(N)N)NC(=O)[C@@H](C)CCCNC1=NCCN1)C(C)(C)C)C(=O)O.O=C(O)C(F)(F)F. The van der Waals surface area contributed by atoms with Gasteiger partial charge >= 0.3 is 18.1 Å². The van der Waals surface area contributed by atoms with Crippen molar-refractivity contribution in [3.05, 3.63) is 29.8 Å². The van der Waals surface area contributed by atoms with E-state index in [1.807, 2.05) is 13.8 Å². The van der Waals surface area contributed by atoms with E-state index in [-0.39, 0.29) is 55.9 Å². The largest absolute Gasteiger partial charge is 0.508 e. The van der Waals surface area contributed by atoms with Gasteiger partial charge in [-0.05, 0) is 74.0 Å². The number of aromatic hydroxyl groups is 1. The number of benzene rings is 1. The van der Waals surface area contributed by atoms with Crippen molar-refractivity contribution in [3.8, 4) is 5.75 Å². The number of halogens is 3. The van der Waals surface area contributed by atoms with E-state index in [1.54, 1.807) is 39.8 Å². The first-order chi connectivity index (χ1) is 31.2. The third kappa shape index (κ3) is 20.4. The lowest BCUT2D eigenvalue weighted by molar-refractivity contribution is -0.192. The second-order valence-electron chi connectivity index (χ2n) is 17.9. The number of rotatable bonds is 22. The van der Waals surface area contributed by atoms with Crippen LogP contribution in [-0.4, -0.2) is 143 Å². The molecule has 0 radical (unpaired) electrons. The summed E-state index contributed by atoms with van der Waals surface area (Å²) in [5.41, 5.74) is 10.7. The maximum atomic E-state index is 14.3. The van der Waals surface area contributed by atoms with Crippen LogP contribution in [0.15, 0.2) is 34.3 Å². The van der Waals surface area contributed by atoms with Crippen LogP contribution in [0.2, 0.25) is 0 Å². The third-order valence-electron chi connectivity index (χ3n) is 10.6. The molecule has 2 aliphatic rings. The van der Waals surface area contributed by atoms with Crippen LogP contribution in [0.1, 0.15) is 92.1 Å². The zero-order valence-electron chi connectivity index (χ0n) is 38.9. The number of aliphatic imine (C=N–C) groups is 2.